The van der Waals surface area contributed by atoms with Crippen LogP contribution in [-0.4, -0.2) is 93.9 Å². The summed E-state index contributed by atoms with van der Waals surface area (Å²) in [4.78, 5) is 26.4. The van der Waals surface area contributed by atoms with Crippen LogP contribution >= 0.6 is 11.6 Å². The molecule has 4 aliphatic heterocycles. The van der Waals surface area contributed by atoms with Crippen molar-refractivity contribution in [2.45, 2.75) is 38.6 Å². The smallest absolute Gasteiger partial charge is 0.226 e. The minimum atomic E-state index is 0.0933. The number of benzene rings is 2. The summed E-state index contributed by atoms with van der Waals surface area (Å²) in [5, 5.41) is 10.3. The van der Waals surface area contributed by atoms with Crippen molar-refractivity contribution in [3.63, 3.8) is 0 Å². The Hall–Kier alpha value is -3.60. The average Bonchev–Trinajstić information content (AvgIpc) is 3.40. The van der Waals surface area contributed by atoms with Crippen molar-refractivity contribution in [2.24, 2.45) is 10.1 Å². The van der Waals surface area contributed by atoms with E-state index in [0.29, 0.717) is 35.6 Å². The van der Waals surface area contributed by atoms with Gasteiger partial charge in [-0.05, 0) is 50.1 Å². The van der Waals surface area contributed by atoms with Crippen LogP contribution in [0.5, 0.6) is 5.75 Å². The summed E-state index contributed by atoms with van der Waals surface area (Å²) in [6.45, 7) is 9.25. The first-order valence-electron chi connectivity index (χ1n) is 15.3. The Morgan fingerprint density at radius 3 is 2.60 bits per heavy atom. The van der Waals surface area contributed by atoms with Gasteiger partial charge < -0.3 is 24.8 Å². The predicted molar refractivity (Wildman–Crippen MR) is 176 cm³/mol. The number of hydrogen-bond donors (Lipinski definition) is 1. The number of rotatable bonds is 6. The van der Waals surface area contributed by atoms with Crippen molar-refractivity contribution in [3.8, 4) is 5.75 Å². The molecule has 1 amide bonds. The highest BCUT2D eigenvalue weighted by Crippen LogP contribution is 2.38. The molecule has 0 unspecified atom stereocenters. The number of aliphatic imine (C=N–C) groups is 1. The van der Waals surface area contributed by atoms with Crippen molar-refractivity contribution in [3.05, 3.63) is 53.2 Å². The van der Waals surface area contributed by atoms with E-state index < -0.39 is 0 Å². The molecule has 0 saturated carbocycles. The van der Waals surface area contributed by atoms with Crippen LogP contribution in [0.25, 0.3) is 0 Å². The molecule has 2 fully saturated rings. The number of ether oxygens (including phenoxy) is 1. The third-order valence-corrected chi connectivity index (χ3v) is 9.22. The second kappa shape index (κ2) is 13.0. The van der Waals surface area contributed by atoms with Gasteiger partial charge in [0.15, 0.2) is 5.84 Å². The third kappa shape index (κ3) is 6.23. The lowest BCUT2D eigenvalue weighted by molar-refractivity contribution is -0.118. The number of para-hydroxylation sites is 1. The van der Waals surface area contributed by atoms with Gasteiger partial charge in [-0.3, -0.25) is 9.69 Å². The maximum Gasteiger partial charge on any atom is 0.226 e. The molecule has 0 bridgehead atoms. The van der Waals surface area contributed by atoms with Crippen LogP contribution in [0.3, 0.4) is 0 Å². The molecular formula is C32H41ClN8O2. The number of methoxy groups -OCH3 is 1. The van der Waals surface area contributed by atoms with Gasteiger partial charge in [0, 0.05) is 70.0 Å². The first-order valence-corrected chi connectivity index (χ1v) is 15.6. The summed E-state index contributed by atoms with van der Waals surface area (Å²) in [6, 6.07) is 12.9. The second-order valence-electron chi connectivity index (χ2n) is 11.5. The molecular weight excluding hydrogens is 564 g/mol. The third-order valence-electron chi connectivity index (χ3n) is 8.94. The van der Waals surface area contributed by atoms with Gasteiger partial charge in [-0.25, -0.2) is 10.0 Å². The van der Waals surface area contributed by atoms with Gasteiger partial charge in [-0.2, -0.15) is 0 Å². The molecule has 2 aromatic carbocycles. The van der Waals surface area contributed by atoms with Crippen LogP contribution < -0.4 is 24.9 Å². The Bertz CT molecular complexity index is 1430. The number of halogens is 1. The Morgan fingerprint density at radius 1 is 1.07 bits per heavy atom. The van der Waals surface area contributed by atoms with E-state index in [9.17, 15) is 4.79 Å². The summed E-state index contributed by atoms with van der Waals surface area (Å²) in [5.74, 6) is 1.22. The van der Waals surface area contributed by atoms with Crippen molar-refractivity contribution >= 4 is 52.4 Å². The van der Waals surface area contributed by atoms with Crippen molar-refractivity contribution in [1.29, 1.82) is 0 Å². The molecule has 4 aliphatic rings. The van der Waals surface area contributed by atoms with Crippen LogP contribution in [0.1, 0.15) is 31.7 Å². The maximum atomic E-state index is 12.7. The summed E-state index contributed by atoms with van der Waals surface area (Å²) in [6.07, 6.45) is 6.79. The van der Waals surface area contributed by atoms with Gasteiger partial charge in [0.2, 0.25) is 5.91 Å². The topological polar surface area (TPSA) is 79.3 Å². The first-order chi connectivity index (χ1) is 20.9. The molecule has 0 spiro atoms. The number of piperazine rings is 1. The summed E-state index contributed by atoms with van der Waals surface area (Å²) in [7, 11) is 3.89. The van der Waals surface area contributed by atoms with Gasteiger partial charge in [-0.15, -0.1) is 5.10 Å². The summed E-state index contributed by atoms with van der Waals surface area (Å²) >= 11 is 6.65. The molecule has 0 aliphatic carbocycles. The zero-order chi connectivity index (χ0) is 29.9. The highest BCUT2D eigenvalue weighted by atomic mass is 35.5. The molecule has 2 saturated heterocycles. The number of amidine groups is 1. The van der Waals surface area contributed by atoms with E-state index in [2.05, 4.69) is 50.3 Å². The van der Waals surface area contributed by atoms with E-state index in [1.807, 2.05) is 30.0 Å². The van der Waals surface area contributed by atoms with E-state index in [4.69, 9.17) is 21.4 Å². The highest BCUT2D eigenvalue weighted by Gasteiger charge is 2.29. The number of carbonyl (C=O) groups excluding carboxylic acids is 1. The number of piperidine rings is 1. The van der Waals surface area contributed by atoms with E-state index in [1.165, 1.54) is 25.9 Å². The van der Waals surface area contributed by atoms with Gasteiger partial charge in [0.25, 0.3) is 0 Å². The van der Waals surface area contributed by atoms with Gasteiger partial charge in [-0.1, -0.05) is 30.7 Å². The molecule has 4 heterocycles. The number of nitrogens with one attached hydrogen (secondary N) is 1. The normalized spacial score (nSPS) is 20.0. The molecule has 1 N–H and O–H groups in total. The second-order valence-corrected chi connectivity index (χ2v) is 11.9. The number of nitrogens with zero attached hydrogens (tertiary/aromatic N) is 7. The zero-order valence-corrected chi connectivity index (χ0v) is 26.1. The van der Waals surface area contributed by atoms with Gasteiger partial charge in [0.1, 0.15) is 22.8 Å². The molecule has 228 valence electrons. The Balaban J connectivity index is 1.20. The van der Waals surface area contributed by atoms with Crippen molar-refractivity contribution < 1.29 is 9.53 Å². The molecule has 10 nitrogen and oxygen atoms in total. The molecule has 11 heteroatoms. The molecule has 43 heavy (non-hydrogen) atoms. The fraction of sp³-hybridized carbons (Fsp3) is 0.469. The van der Waals surface area contributed by atoms with E-state index in [1.54, 1.807) is 24.7 Å². The SMILES string of the molecule is CCC(=O)N1CCc2cccc(NC3=NN(c4ccc(N5CCC(N6CCN(C)CC6)CC5)cc4OC)C=NC=C3Cl)c21. The highest BCUT2D eigenvalue weighted by molar-refractivity contribution is 6.45. The van der Waals surface area contributed by atoms with Gasteiger partial charge in [0.05, 0.1) is 24.7 Å². The van der Waals surface area contributed by atoms with Crippen LogP contribution in [0.2, 0.25) is 0 Å². The summed E-state index contributed by atoms with van der Waals surface area (Å²) < 4.78 is 5.86. The van der Waals surface area contributed by atoms with Crippen LogP contribution in [0.15, 0.2) is 57.7 Å². The maximum absolute atomic E-state index is 12.7. The standard InChI is InChI=1S/C32H41ClN8O2/c1-4-30(42)40-15-10-23-6-5-7-27(31(23)40)35-32-26(33)21-34-22-41(36-32)28-9-8-25(20-29(28)43-3)38-13-11-24(12-14-38)39-18-16-37(2)17-19-39/h5-9,20-22,24H,4,10-19H2,1-3H3,(H,35,36). The average molecular weight is 605 g/mol. The Morgan fingerprint density at radius 2 is 1.86 bits per heavy atom. The lowest BCUT2D eigenvalue weighted by Gasteiger charge is -2.42. The number of amides is 1. The number of anilines is 4. The van der Waals surface area contributed by atoms with E-state index >= 15 is 0 Å². The number of hydrogen-bond acceptors (Lipinski definition) is 9. The Kier molecular flexibility index (Phi) is 8.88. The number of likely N-dealkylation sites (N-methyl/N-ethyl adjacent to an activating group) is 1. The minimum absolute atomic E-state index is 0.0933. The molecule has 6 rings (SSSR count). The molecule has 0 atom stereocenters. The van der Waals surface area contributed by atoms with Crippen molar-refractivity contribution in [1.82, 2.24) is 9.80 Å². The lowest BCUT2D eigenvalue weighted by atomic mass is 10.0. The van der Waals surface area contributed by atoms with Crippen LogP contribution in [0.4, 0.5) is 22.7 Å². The van der Waals surface area contributed by atoms with Crippen LogP contribution in [0, 0.1) is 0 Å². The van der Waals surface area contributed by atoms with Crippen LogP contribution in [-0.2, 0) is 11.2 Å². The fourth-order valence-electron chi connectivity index (χ4n) is 6.46. The predicted octanol–water partition coefficient (Wildman–Crippen LogP) is 4.56. The monoisotopic (exact) mass is 604 g/mol. The molecule has 2 aromatic rings. The fourth-order valence-corrected chi connectivity index (χ4v) is 6.60. The molecule has 0 aromatic heterocycles. The molecule has 0 radical (unpaired) electrons. The number of fused-ring (bicyclic) bond motifs is 1. The quantitative estimate of drug-likeness (QED) is 0.518. The summed E-state index contributed by atoms with van der Waals surface area (Å²) in [5.41, 5.74) is 4.69. The first kappa shape index (κ1) is 29.5. The number of hydrazone groups is 1. The lowest BCUT2D eigenvalue weighted by Crippen LogP contribution is -2.52. The van der Waals surface area contributed by atoms with E-state index in [0.717, 1.165) is 60.9 Å². The van der Waals surface area contributed by atoms with Gasteiger partial charge >= 0.3 is 0 Å². The minimum Gasteiger partial charge on any atom is -0.494 e. The van der Waals surface area contributed by atoms with E-state index in [-0.39, 0.29) is 5.91 Å². The Labute approximate surface area is 259 Å². The number of carbonyl (C=O) groups is 1. The zero-order valence-electron chi connectivity index (χ0n) is 25.3. The largest absolute Gasteiger partial charge is 0.494 e. The van der Waals surface area contributed by atoms with Crippen molar-refractivity contribution in [2.75, 3.05) is 80.1 Å².